The highest BCUT2D eigenvalue weighted by molar-refractivity contribution is 7.84. The zero-order valence-electron chi connectivity index (χ0n) is 8.95. The number of fused-ring (bicyclic) bond motifs is 1. The maximum absolute atomic E-state index is 11.7. The van der Waals surface area contributed by atoms with Gasteiger partial charge in [-0.1, -0.05) is 0 Å². The molecular weight excluding hydrogens is 246 g/mol. The summed E-state index contributed by atoms with van der Waals surface area (Å²) in [6.07, 6.45) is 0.657. The molecule has 0 saturated heterocycles. The Bertz CT molecular complexity index is 453. The van der Waals surface area contributed by atoms with Crippen molar-refractivity contribution in [1.82, 2.24) is 0 Å². The quantitative estimate of drug-likeness (QED) is 0.813. The van der Waals surface area contributed by atoms with Gasteiger partial charge in [0.25, 0.3) is 0 Å². The highest BCUT2D eigenvalue weighted by atomic mass is 32.2. The minimum absolute atomic E-state index is 0.342. The largest absolute Gasteiger partial charge is 0.462 e. The van der Waals surface area contributed by atoms with Crippen LogP contribution in [0.3, 0.4) is 0 Å². The van der Waals surface area contributed by atoms with Gasteiger partial charge in [-0.25, -0.2) is 4.79 Å². The molecule has 4 nitrogen and oxygen atoms in total. The molecule has 0 spiro atoms. The van der Waals surface area contributed by atoms with Crippen LogP contribution in [0.1, 0.15) is 27.7 Å². The number of nitrogen functional groups attached to an aromatic ring is 1. The summed E-state index contributed by atoms with van der Waals surface area (Å²) in [5, 5.41) is 0.488. The van der Waals surface area contributed by atoms with Crippen molar-refractivity contribution in [1.29, 1.82) is 0 Å². The number of hydrogen-bond donors (Lipinski definition) is 1. The number of rotatable bonds is 2. The van der Waals surface area contributed by atoms with Crippen LogP contribution in [0.15, 0.2) is 0 Å². The highest BCUT2D eigenvalue weighted by Crippen LogP contribution is 2.35. The third-order valence-electron chi connectivity index (χ3n) is 2.47. The molecule has 6 heteroatoms. The van der Waals surface area contributed by atoms with Crippen LogP contribution in [0.5, 0.6) is 0 Å². The maximum Gasteiger partial charge on any atom is 0.341 e. The van der Waals surface area contributed by atoms with E-state index in [2.05, 4.69) is 0 Å². The summed E-state index contributed by atoms with van der Waals surface area (Å²) in [4.78, 5) is 12.7. The molecule has 0 fully saturated rings. The van der Waals surface area contributed by atoms with Gasteiger partial charge in [0.2, 0.25) is 0 Å². The third kappa shape index (κ3) is 1.99. The molecule has 0 aliphatic carbocycles. The van der Waals surface area contributed by atoms with Crippen LogP contribution in [-0.2, 0) is 27.7 Å². The molecule has 1 aliphatic heterocycles. The number of esters is 1. The van der Waals surface area contributed by atoms with E-state index < -0.39 is 10.8 Å². The molecule has 2 rings (SSSR count). The second-order valence-electron chi connectivity index (χ2n) is 3.50. The van der Waals surface area contributed by atoms with E-state index in [4.69, 9.17) is 10.5 Å². The molecule has 0 bridgehead atoms. The monoisotopic (exact) mass is 259 g/mol. The average Bonchev–Trinajstić information content (AvgIpc) is 2.53. The molecule has 1 aliphatic rings. The van der Waals surface area contributed by atoms with Gasteiger partial charge in [0, 0.05) is 21.4 Å². The van der Waals surface area contributed by atoms with Gasteiger partial charge in [-0.2, -0.15) is 0 Å². The Morgan fingerprint density at radius 2 is 2.38 bits per heavy atom. The molecule has 0 saturated carbocycles. The number of ether oxygens (including phenoxy) is 1. The van der Waals surface area contributed by atoms with Crippen LogP contribution in [-0.4, -0.2) is 22.5 Å². The Kier molecular flexibility index (Phi) is 3.30. The predicted molar refractivity (Wildman–Crippen MR) is 65.1 cm³/mol. The van der Waals surface area contributed by atoms with Gasteiger partial charge < -0.3 is 10.5 Å². The zero-order valence-corrected chi connectivity index (χ0v) is 10.6. The fourth-order valence-corrected chi connectivity index (χ4v) is 4.35. The van der Waals surface area contributed by atoms with Crippen LogP contribution >= 0.6 is 11.3 Å². The second-order valence-corrected chi connectivity index (χ2v) is 6.22. The standard InChI is InChI=1S/C10H13NO3S2/c1-2-14-10(12)8-6-3-4-16(13)5-7(6)15-9(8)11/h2-5,11H2,1H3. The second kappa shape index (κ2) is 4.55. The van der Waals surface area contributed by atoms with E-state index in [9.17, 15) is 9.00 Å². The first-order chi connectivity index (χ1) is 7.63. The van der Waals surface area contributed by atoms with Crippen molar-refractivity contribution in [3.63, 3.8) is 0 Å². The Hall–Kier alpha value is -0.880. The molecule has 16 heavy (non-hydrogen) atoms. The van der Waals surface area contributed by atoms with Crippen molar-refractivity contribution in [3.8, 4) is 0 Å². The summed E-state index contributed by atoms with van der Waals surface area (Å²) in [6, 6.07) is 0. The van der Waals surface area contributed by atoms with E-state index in [1.54, 1.807) is 6.92 Å². The van der Waals surface area contributed by atoms with Gasteiger partial charge in [-0.3, -0.25) is 4.21 Å². The number of hydrogen-bond acceptors (Lipinski definition) is 5. The first-order valence-electron chi connectivity index (χ1n) is 5.05. The summed E-state index contributed by atoms with van der Waals surface area (Å²) in [5.74, 6) is 0.768. The highest BCUT2D eigenvalue weighted by Gasteiger charge is 2.27. The van der Waals surface area contributed by atoms with E-state index >= 15 is 0 Å². The summed E-state index contributed by atoms with van der Waals surface area (Å²) in [7, 11) is -0.811. The van der Waals surface area contributed by atoms with Crippen molar-refractivity contribution < 1.29 is 13.7 Å². The molecule has 88 valence electrons. The lowest BCUT2D eigenvalue weighted by atomic mass is 10.1. The number of carbonyl (C=O) groups excluding carboxylic acids is 1. The van der Waals surface area contributed by atoms with E-state index in [0.717, 1.165) is 10.4 Å². The van der Waals surface area contributed by atoms with Gasteiger partial charge in [0.1, 0.15) is 5.00 Å². The SMILES string of the molecule is CCOC(=O)c1c(N)sc2c1CCS(=O)C2. The molecule has 0 aromatic carbocycles. The van der Waals surface area contributed by atoms with Crippen molar-refractivity contribution in [2.45, 2.75) is 19.1 Å². The van der Waals surface area contributed by atoms with E-state index in [0.29, 0.717) is 35.1 Å². The summed E-state index contributed by atoms with van der Waals surface area (Å²) in [6.45, 7) is 2.11. The topological polar surface area (TPSA) is 69.4 Å². The zero-order chi connectivity index (χ0) is 11.7. The molecule has 1 atom stereocenters. The fraction of sp³-hybridized carbons (Fsp3) is 0.500. The molecule has 2 heterocycles. The van der Waals surface area contributed by atoms with E-state index in [1.807, 2.05) is 0 Å². The predicted octanol–water partition coefficient (Wildman–Crippen LogP) is 1.31. The summed E-state index contributed by atoms with van der Waals surface area (Å²) >= 11 is 1.36. The van der Waals surface area contributed by atoms with Crippen LogP contribution in [0.2, 0.25) is 0 Å². The molecule has 1 aromatic heterocycles. The molecule has 1 aromatic rings. The Morgan fingerprint density at radius 1 is 1.62 bits per heavy atom. The number of anilines is 1. The lowest BCUT2D eigenvalue weighted by Crippen LogP contribution is -2.15. The number of thiophene rings is 1. The van der Waals surface area contributed by atoms with Gasteiger partial charge in [-0.05, 0) is 18.9 Å². The molecular formula is C10H13NO3S2. The van der Waals surface area contributed by atoms with Gasteiger partial charge >= 0.3 is 5.97 Å². The summed E-state index contributed by atoms with van der Waals surface area (Å²) < 4.78 is 16.4. The number of nitrogens with two attached hydrogens (primary N) is 1. The molecule has 0 amide bonds. The number of carbonyl (C=O) groups is 1. The lowest BCUT2D eigenvalue weighted by Gasteiger charge is -2.11. The Morgan fingerprint density at radius 3 is 3.06 bits per heavy atom. The van der Waals surface area contributed by atoms with E-state index in [-0.39, 0.29) is 5.97 Å². The van der Waals surface area contributed by atoms with Crippen LogP contribution in [0.25, 0.3) is 0 Å². The summed E-state index contributed by atoms with van der Waals surface area (Å²) in [5.41, 5.74) is 7.26. The van der Waals surface area contributed by atoms with E-state index in [1.165, 1.54) is 11.3 Å². The smallest absolute Gasteiger partial charge is 0.341 e. The first kappa shape index (κ1) is 11.6. The Labute approximate surface area is 100 Å². The van der Waals surface area contributed by atoms with Crippen LogP contribution in [0, 0.1) is 0 Å². The van der Waals surface area contributed by atoms with Crippen molar-refractivity contribution >= 4 is 33.1 Å². The first-order valence-corrected chi connectivity index (χ1v) is 7.36. The van der Waals surface area contributed by atoms with Crippen molar-refractivity contribution in [2.75, 3.05) is 18.1 Å². The van der Waals surface area contributed by atoms with Crippen LogP contribution < -0.4 is 5.73 Å². The Balaban J connectivity index is 2.39. The van der Waals surface area contributed by atoms with Gasteiger partial charge in [0.15, 0.2) is 0 Å². The molecule has 2 N–H and O–H groups in total. The van der Waals surface area contributed by atoms with Crippen molar-refractivity contribution in [3.05, 3.63) is 16.0 Å². The van der Waals surface area contributed by atoms with Crippen molar-refractivity contribution in [2.24, 2.45) is 0 Å². The van der Waals surface area contributed by atoms with Crippen LogP contribution in [0.4, 0.5) is 5.00 Å². The molecule has 0 radical (unpaired) electrons. The minimum Gasteiger partial charge on any atom is -0.462 e. The lowest BCUT2D eigenvalue weighted by molar-refractivity contribution is 0.0527. The average molecular weight is 259 g/mol. The third-order valence-corrected chi connectivity index (χ3v) is 4.98. The van der Waals surface area contributed by atoms with Gasteiger partial charge in [0.05, 0.1) is 17.9 Å². The minimum atomic E-state index is -0.811. The normalized spacial score (nSPS) is 19.2. The fourth-order valence-electron chi connectivity index (χ4n) is 1.78. The maximum atomic E-state index is 11.7. The van der Waals surface area contributed by atoms with Gasteiger partial charge in [-0.15, -0.1) is 11.3 Å². The molecule has 1 unspecified atom stereocenters.